The maximum atomic E-state index is 6.93. The van der Waals surface area contributed by atoms with Gasteiger partial charge in [0.2, 0.25) is 0 Å². The van der Waals surface area contributed by atoms with E-state index in [0.29, 0.717) is 17.5 Å². The van der Waals surface area contributed by atoms with Crippen molar-refractivity contribution in [3.05, 3.63) is 78.9 Å². The van der Waals surface area contributed by atoms with Crippen LogP contribution in [0.3, 0.4) is 0 Å². The third kappa shape index (κ3) is 5.28. The molecule has 16 heteroatoms. The molecular formula is C39H35B11N4O. The van der Waals surface area contributed by atoms with Gasteiger partial charge in [0.15, 0.2) is 17.5 Å². The molecule has 0 aliphatic carbocycles. The van der Waals surface area contributed by atoms with Gasteiger partial charge in [-0.1, -0.05) is 98.3 Å². The zero-order valence-corrected chi connectivity index (χ0v) is 33.7. The van der Waals surface area contributed by atoms with Crippen LogP contribution in [0.25, 0.3) is 83.6 Å². The van der Waals surface area contributed by atoms with E-state index in [1.807, 2.05) is 18.2 Å². The molecule has 0 aliphatic rings. The highest BCUT2D eigenvalue weighted by atomic mass is 16.3. The summed E-state index contributed by atoms with van der Waals surface area (Å²) in [4.78, 5) is 15.5. The Hall–Kier alpha value is -5.36. The van der Waals surface area contributed by atoms with Crippen molar-refractivity contribution in [2.45, 2.75) is 0 Å². The van der Waals surface area contributed by atoms with E-state index in [2.05, 4.69) is 152 Å². The Kier molecular flexibility index (Phi) is 8.27. The normalized spacial score (nSPS) is 11.7. The van der Waals surface area contributed by atoms with Crippen LogP contribution < -0.4 is 60.1 Å². The molecule has 250 valence electrons. The minimum atomic E-state index is 0.591. The Morgan fingerprint density at radius 3 is 1.64 bits per heavy atom. The van der Waals surface area contributed by atoms with E-state index in [1.54, 1.807) is 0 Å². The molecule has 0 aliphatic heterocycles. The smallest absolute Gasteiger partial charge is 0.167 e. The van der Waals surface area contributed by atoms with Crippen molar-refractivity contribution < 1.29 is 4.42 Å². The molecular weight excluding hydrogens is 659 g/mol. The van der Waals surface area contributed by atoms with Gasteiger partial charge in [-0.15, -0.1) is 16.4 Å². The highest BCUT2D eigenvalue weighted by molar-refractivity contribution is 6.69. The third-order valence-electron chi connectivity index (χ3n) is 12.6. The molecule has 0 atom stereocenters. The Labute approximate surface area is 331 Å². The number of hydrogen-bond donors (Lipinski definition) is 0. The van der Waals surface area contributed by atoms with Gasteiger partial charge in [-0.05, 0) is 29.0 Å². The summed E-state index contributed by atoms with van der Waals surface area (Å²) < 4.78 is 9.39. The first-order valence-electron chi connectivity index (χ1n) is 19.2. The second-order valence-electron chi connectivity index (χ2n) is 15.7. The van der Waals surface area contributed by atoms with Gasteiger partial charge in [0.1, 0.15) is 97.5 Å². The van der Waals surface area contributed by atoms with Crippen molar-refractivity contribution in [3.8, 4) is 39.9 Å². The van der Waals surface area contributed by atoms with Crippen LogP contribution in [-0.2, 0) is 0 Å². The third-order valence-corrected chi connectivity index (χ3v) is 12.6. The lowest BCUT2D eigenvalue weighted by Gasteiger charge is -2.20. The van der Waals surface area contributed by atoms with Crippen molar-refractivity contribution >= 4 is 190 Å². The number of benzene rings is 6. The van der Waals surface area contributed by atoms with Crippen LogP contribution >= 0.6 is 0 Å². The van der Waals surface area contributed by atoms with Crippen LogP contribution in [0.15, 0.2) is 83.3 Å². The SMILES string of the molecule is Bc1cc(B)c2c(c1B)c1c(B)c(B)cc(B)c1n2-c1ccc2c(c1)oc1c(-c3nc(-c4ccccc4)nc(-c4c(B)c(B)c(B)c(B)c4B)n3)cccc12. The maximum absolute atomic E-state index is 6.93. The average molecular weight is 695 g/mol. The van der Waals surface area contributed by atoms with Crippen LogP contribution in [0.4, 0.5) is 0 Å². The number of nitrogens with zero attached hydrogens (tertiary/aromatic N) is 4. The fourth-order valence-electron chi connectivity index (χ4n) is 8.97. The largest absolute Gasteiger partial charge is 0.455 e. The minimum Gasteiger partial charge on any atom is -0.455 e. The summed E-state index contributed by atoms with van der Waals surface area (Å²) in [6, 6.07) is 27.8. The molecule has 0 saturated carbocycles. The Morgan fingerprint density at radius 1 is 0.455 bits per heavy atom. The summed E-state index contributed by atoms with van der Waals surface area (Å²) in [6.07, 6.45) is 0. The van der Waals surface area contributed by atoms with Crippen molar-refractivity contribution in [1.82, 2.24) is 19.5 Å². The van der Waals surface area contributed by atoms with Crippen LogP contribution in [0.2, 0.25) is 0 Å². The highest BCUT2D eigenvalue weighted by Gasteiger charge is 2.23. The van der Waals surface area contributed by atoms with Crippen LogP contribution in [-0.4, -0.2) is 106 Å². The first-order valence-corrected chi connectivity index (χ1v) is 19.2. The summed E-state index contributed by atoms with van der Waals surface area (Å²) in [5.74, 6) is 1.90. The average Bonchev–Trinajstić information content (AvgIpc) is 3.75. The summed E-state index contributed by atoms with van der Waals surface area (Å²) in [5, 5.41) is 4.77. The van der Waals surface area contributed by atoms with E-state index in [1.165, 1.54) is 81.9 Å². The molecule has 9 rings (SSSR count). The predicted molar refractivity (Wildman–Crippen MR) is 268 cm³/mol. The molecule has 9 aromatic rings. The van der Waals surface area contributed by atoms with Crippen molar-refractivity contribution in [1.29, 1.82) is 0 Å². The van der Waals surface area contributed by atoms with Crippen molar-refractivity contribution in [3.63, 3.8) is 0 Å². The van der Waals surface area contributed by atoms with E-state index >= 15 is 0 Å². The molecule has 3 heterocycles. The molecule has 0 spiro atoms. The number of fused-ring (bicyclic) bond motifs is 6. The summed E-state index contributed by atoms with van der Waals surface area (Å²) in [6.45, 7) is 0. The van der Waals surface area contributed by atoms with E-state index in [4.69, 9.17) is 19.4 Å². The van der Waals surface area contributed by atoms with Crippen LogP contribution in [0.1, 0.15) is 0 Å². The summed E-state index contributed by atoms with van der Waals surface area (Å²) >= 11 is 0. The van der Waals surface area contributed by atoms with Crippen LogP contribution in [0.5, 0.6) is 0 Å². The molecule has 55 heavy (non-hydrogen) atoms. The first-order chi connectivity index (χ1) is 26.3. The number of rotatable bonds is 4. The van der Waals surface area contributed by atoms with Crippen molar-refractivity contribution in [2.75, 3.05) is 0 Å². The standard InChI is InChI=1S/C39H35B11N4O/c40-19-12-21(42)34-24(27(19)44)25-28(45)20(41)13-22(43)35(25)54(34)15-9-10-16-17-7-4-8-18(36(17)55-23(16)11-15)38-51-37(14-5-2-1-3-6-14)52-39(53-38)26-29(46)31(48)33(50)32(49)30(26)47/h1-13H,40-50H2. The quantitative estimate of drug-likeness (QED) is 0.172. The topological polar surface area (TPSA) is 56.7 Å². The zero-order chi connectivity index (χ0) is 38.6. The number of para-hydroxylation sites is 1. The molecule has 5 nitrogen and oxygen atoms in total. The van der Waals surface area contributed by atoms with Gasteiger partial charge in [-0.3, -0.25) is 0 Å². The van der Waals surface area contributed by atoms with Gasteiger partial charge < -0.3 is 8.98 Å². The van der Waals surface area contributed by atoms with Crippen molar-refractivity contribution in [2.24, 2.45) is 0 Å². The van der Waals surface area contributed by atoms with Gasteiger partial charge >= 0.3 is 0 Å². The molecule has 6 aromatic carbocycles. The Bertz CT molecular complexity index is 3030. The maximum Gasteiger partial charge on any atom is 0.167 e. The molecule has 0 unspecified atom stereocenters. The number of aromatic nitrogens is 4. The highest BCUT2D eigenvalue weighted by Crippen LogP contribution is 2.37. The lowest BCUT2D eigenvalue weighted by Crippen LogP contribution is -2.55. The van der Waals surface area contributed by atoms with Gasteiger partial charge in [0.25, 0.3) is 0 Å². The second-order valence-corrected chi connectivity index (χ2v) is 15.7. The lowest BCUT2D eigenvalue weighted by atomic mass is 9.60. The van der Waals surface area contributed by atoms with E-state index in [0.717, 1.165) is 44.3 Å². The van der Waals surface area contributed by atoms with Gasteiger partial charge in [0.05, 0.1) is 5.56 Å². The fraction of sp³-hybridized carbons (Fsp3) is 0. The molecule has 0 fully saturated rings. The zero-order valence-electron chi connectivity index (χ0n) is 33.7. The second kappa shape index (κ2) is 12.9. The molecule has 0 amide bonds. The molecule has 0 bridgehead atoms. The molecule has 3 aromatic heterocycles. The molecule has 0 saturated heterocycles. The van der Waals surface area contributed by atoms with Gasteiger partial charge in [-0.2, -0.15) is 0 Å². The van der Waals surface area contributed by atoms with E-state index in [9.17, 15) is 0 Å². The summed E-state index contributed by atoms with van der Waals surface area (Å²) in [5.41, 5.74) is 22.1. The molecule has 0 N–H and O–H groups in total. The fourth-order valence-corrected chi connectivity index (χ4v) is 8.97. The van der Waals surface area contributed by atoms with Gasteiger partial charge in [-0.25, -0.2) is 15.0 Å². The predicted octanol–water partition coefficient (Wildman–Crippen LogP) is -9.29. The Morgan fingerprint density at radius 2 is 1.02 bits per heavy atom. The lowest BCUT2D eigenvalue weighted by molar-refractivity contribution is 0.669. The summed E-state index contributed by atoms with van der Waals surface area (Å²) in [7, 11) is 24.4. The number of furan rings is 1. The van der Waals surface area contributed by atoms with E-state index < -0.39 is 0 Å². The Balaban J connectivity index is 1.30. The monoisotopic (exact) mass is 696 g/mol. The van der Waals surface area contributed by atoms with Gasteiger partial charge in [0, 0.05) is 44.7 Å². The number of hydrogen-bond acceptors (Lipinski definition) is 4. The van der Waals surface area contributed by atoms with E-state index in [-0.39, 0.29) is 0 Å². The minimum absolute atomic E-state index is 0.591. The molecule has 0 radical (unpaired) electrons. The van der Waals surface area contributed by atoms with Crippen LogP contribution in [0, 0.1) is 0 Å². The first kappa shape index (κ1) is 35.4.